The lowest BCUT2D eigenvalue weighted by molar-refractivity contribution is -0.143. The molecule has 1 unspecified atom stereocenters. The Morgan fingerprint density at radius 3 is 2.32 bits per heavy atom. The Morgan fingerprint density at radius 1 is 1.03 bits per heavy atom. The van der Waals surface area contributed by atoms with Gasteiger partial charge in [0.1, 0.15) is 47.4 Å². The third kappa shape index (κ3) is 9.18. The number of carbonyl (C=O) groups excluding carboxylic acids is 4. The van der Waals surface area contributed by atoms with Crippen LogP contribution in [0.25, 0.3) is 11.0 Å². The summed E-state index contributed by atoms with van der Waals surface area (Å²) in [5, 5.41) is 5.09. The van der Waals surface area contributed by atoms with Crippen molar-refractivity contribution in [2.75, 3.05) is 13.7 Å². The van der Waals surface area contributed by atoms with Crippen LogP contribution in [-0.2, 0) is 29.1 Å². The predicted molar refractivity (Wildman–Crippen MR) is 209 cm³/mol. The van der Waals surface area contributed by atoms with E-state index < -0.39 is 105 Å². The number of nitrogens with one attached hydrogen (secondary N) is 3. The molecule has 326 valence electrons. The lowest BCUT2D eigenvalue weighted by Gasteiger charge is -2.36. The molecule has 6 rings (SSSR count). The lowest BCUT2D eigenvalue weighted by atomic mass is 9.85. The number of alkyl carbamates (subject to hydrolysis) is 1. The summed E-state index contributed by atoms with van der Waals surface area (Å²) in [6.45, 7) is 9.48. The molecule has 19 heteroatoms. The molecule has 2 aromatic rings. The molecule has 1 saturated heterocycles. The summed E-state index contributed by atoms with van der Waals surface area (Å²) >= 11 is 0. The van der Waals surface area contributed by atoms with E-state index >= 15 is 4.39 Å². The molecule has 4 amide bonds. The Morgan fingerprint density at radius 2 is 1.71 bits per heavy atom. The standard InChI is InChI=1S/C40H55F3N6O9S/c1-21-12-10-8-9-11-13-25(41)29-34(45-27-18-23(56-7)14-15-26(27)44-29)58-28-20-49(35(51)31(38(3,4)5)46-37(53)57-21)30(22(28)2)33(50)47-40(19-24(40)32(42)43)36(52)48-59(54,55)39(6)16-17-39/h14-15,18,21-22,24-25,28,30-32H,8-13,16-17,19-20H2,1-7H3,(H,46,53)(H,47,50)(H,48,52)/t21-,22-,24+,25?,28+,30+,31-,40-/m1/s1. The summed E-state index contributed by atoms with van der Waals surface area (Å²) in [5.41, 5.74) is -2.66. The van der Waals surface area contributed by atoms with Crippen LogP contribution in [0.2, 0.25) is 0 Å². The van der Waals surface area contributed by atoms with Crippen molar-refractivity contribution in [3.05, 3.63) is 23.9 Å². The monoisotopic (exact) mass is 852 g/mol. The summed E-state index contributed by atoms with van der Waals surface area (Å²) < 4.78 is 89.0. The number of rotatable bonds is 7. The van der Waals surface area contributed by atoms with E-state index in [2.05, 4.69) is 20.6 Å². The molecule has 3 fully saturated rings. The number of cyclic esters (lactones) is 1. The Balaban J connectivity index is 1.40. The van der Waals surface area contributed by atoms with Gasteiger partial charge in [-0.15, -0.1) is 0 Å². The van der Waals surface area contributed by atoms with Gasteiger partial charge < -0.3 is 29.7 Å². The minimum Gasteiger partial charge on any atom is -0.497 e. The van der Waals surface area contributed by atoms with Crippen LogP contribution in [0.5, 0.6) is 11.6 Å². The highest BCUT2D eigenvalue weighted by molar-refractivity contribution is 7.91. The average molecular weight is 853 g/mol. The Kier molecular flexibility index (Phi) is 12.4. The van der Waals surface area contributed by atoms with Crippen molar-refractivity contribution >= 4 is 44.9 Å². The minimum atomic E-state index is -4.28. The molecule has 2 aliphatic heterocycles. The van der Waals surface area contributed by atoms with Gasteiger partial charge in [0.25, 0.3) is 5.91 Å². The van der Waals surface area contributed by atoms with Gasteiger partial charge in [-0.1, -0.05) is 47.0 Å². The van der Waals surface area contributed by atoms with Crippen molar-refractivity contribution in [3.8, 4) is 11.6 Å². The molecule has 0 spiro atoms. The Hall–Kier alpha value is -4.42. The first-order valence-corrected chi connectivity index (χ1v) is 21.7. The highest BCUT2D eigenvalue weighted by Crippen LogP contribution is 2.50. The SMILES string of the molecule is COc1ccc2nc3c(nc2c1)O[C@H]1CN(C(=O)[C@H](C(C)(C)C)NC(=O)O[C@H](C)CCCCCCC3F)[C@H](C(=O)N[C@]2(C(=O)NS(=O)(=O)C3(C)CC3)C[C@H]2C(F)F)[C@@H]1C. The summed E-state index contributed by atoms with van der Waals surface area (Å²) in [6.07, 6.45) is -3.95. The van der Waals surface area contributed by atoms with E-state index in [0.717, 1.165) is 11.3 Å². The van der Waals surface area contributed by atoms with Crippen LogP contribution in [0, 0.1) is 17.3 Å². The molecule has 0 radical (unpaired) electrons. The summed E-state index contributed by atoms with van der Waals surface area (Å²) in [6, 6.07) is 2.09. The van der Waals surface area contributed by atoms with Crippen molar-refractivity contribution in [3.63, 3.8) is 0 Å². The second-order valence-electron chi connectivity index (χ2n) is 17.8. The third-order valence-corrected chi connectivity index (χ3v) is 14.3. The first-order chi connectivity index (χ1) is 27.6. The van der Waals surface area contributed by atoms with Crippen molar-refractivity contribution < 1.29 is 55.0 Å². The van der Waals surface area contributed by atoms with Crippen LogP contribution in [0.15, 0.2) is 18.2 Å². The van der Waals surface area contributed by atoms with Crippen molar-refractivity contribution in [2.24, 2.45) is 17.3 Å². The van der Waals surface area contributed by atoms with Gasteiger partial charge in [-0.2, -0.15) is 0 Å². The van der Waals surface area contributed by atoms with E-state index in [9.17, 15) is 36.4 Å². The van der Waals surface area contributed by atoms with Gasteiger partial charge in [-0.3, -0.25) is 19.1 Å². The number of nitrogens with zero attached hydrogens (tertiary/aromatic N) is 3. The molecule has 1 aromatic carbocycles. The molecule has 3 N–H and O–H groups in total. The topological polar surface area (TPSA) is 195 Å². The maximum Gasteiger partial charge on any atom is 0.408 e. The largest absolute Gasteiger partial charge is 0.497 e. The van der Waals surface area contributed by atoms with Crippen LogP contribution < -0.4 is 24.8 Å². The van der Waals surface area contributed by atoms with Crippen LogP contribution >= 0.6 is 0 Å². The van der Waals surface area contributed by atoms with Gasteiger partial charge in [-0.25, -0.2) is 36.4 Å². The minimum absolute atomic E-state index is 0.0839. The number of fused-ring (bicyclic) bond motifs is 4. The molecule has 1 aromatic heterocycles. The molecule has 4 aliphatic rings. The van der Waals surface area contributed by atoms with E-state index in [1.54, 1.807) is 52.8 Å². The summed E-state index contributed by atoms with van der Waals surface area (Å²) in [5.74, 6) is -5.50. The molecule has 59 heavy (non-hydrogen) atoms. The number of hydrogen-bond acceptors (Lipinski definition) is 11. The zero-order chi connectivity index (χ0) is 43.2. The molecule has 2 saturated carbocycles. The predicted octanol–water partition coefficient (Wildman–Crippen LogP) is 5.27. The maximum atomic E-state index is 16.3. The zero-order valence-corrected chi connectivity index (χ0v) is 35.3. The van der Waals surface area contributed by atoms with Gasteiger partial charge in [0, 0.05) is 12.0 Å². The molecule has 2 bridgehead atoms. The number of alkyl halides is 3. The Labute approximate surface area is 342 Å². The molecule has 15 nitrogen and oxygen atoms in total. The molecule has 3 heterocycles. The second kappa shape index (κ2) is 16.6. The van der Waals surface area contributed by atoms with Gasteiger partial charge in [0.05, 0.1) is 35.4 Å². The third-order valence-electron chi connectivity index (χ3n) is 12.2. The van der Waals surface area contributed by atoms with Gasteiger partial charge in [0.15, 0.2) is 0 Å². The first kappa shape index (κ1) is 44.1. The van der Waals surface area contributed by atoms with Gasteiger partial charge in [0.2, 0.25) is 34.1 Å². The van der Waals surface area contributed by atoms with Crippen molar-refractivity contribution in [1.29, 1.82) is 0 Å². The van der Waals surface area contributed by atoms with E-state index in [4.69, 9.17) is 14.2 Å². The smallest absolute Gasteiger partial charge is 0.408 e. The number of halogens is 3. The van der Waals surface area contributed by atoms with E-state index in [1.165, 1.54) is 14.0 Å². The summed E-state index contributed by atoms with van der Waals surface area (Å²) in [4.78, 5) is 66.6. The number of sulfonamides is 1. The fraction of sp³-hybridized carbons (Fsp3) is 0.700. The van der Waals surface area contributed by atoms with Gasteiger partial charge >= 0.3 is 6.09 Å². The van der Waals surface area contributed by atoms with Crippen LogP contribution in [-0.4, -0.2) is 102 Å². The average Bonchev–Trinajstić information content (AvgIpc) is 4.07. The highest BCUT2D eigenvalue weighted by atomic mass is 32.2. The van der Waals surface area contributed by atoms with Crippen LogP contribution in [0.1, 0.15) is 111 Å². The number of ether oxygens (including phenoxy) is 3. The molecule has 2 aliphatic carbocycles. The Bertz CT molecular complexity index is 2070. The number of amides is 4. The number of methoxy groups -OCH3 is 1. The number of hydrogen-bond donors (Lipinski definition) is 3. The summed E-state index contributed by atoms with van der Waals surface area (Å²) in [7, 11) is -2.81. The fourth-order valence-corrected chi connectivity index (χ4v) is 9.20. The quantitative estimate of drug-likeness (QED) is 0.329. The van der Waals surface area contributed by atoms with E-state index in [1.807, 2.05) is 4.72 Å². The molecular formula is C40H55F3N6O9S. The normalized spacial score (nSPS) is 30.4. The number of carbonyl (C=O) groups is 4. The maximum absolute atomic E-state index is 16.3. The number of aromatic nitrogens is 2. The van der Waals surface area contributed by atoms with E-state index in [0.29, 0.717) is 42.5 Å². The first-order valence-electron chi connectivity index (χ1n) is 20.2. The second-order valence-corrected chi connectivity index (χ2v) is 20.0. The number of benzene rings is 1. The fourth-order valence-electron chi connectivity index (χ4n) is 7.89. The zero-order valence-electron chi connectivity index (χ0n) is 34.5. The molecule has 8 atom stereocenters. The van der Waals surface area contributed by atoms with Crippen molar-refractivity contribution in [1.82, 2.24) is 30.2 Å². The van der Waals surface area contributed by atoms with Crippen LogP contribution in [0.3, 0.4) is 0 Å². The van der Waals surface area contributed by atoms with Crippen molar-refractivity contribution in [2.45, 2.75) is 147 Å². The molecular weight excluding hydrogens is 798 g/mol. The van der Waals surface area contributed by atoms with Gasteiger partial charge in [-0.05, 0) is 69.9 Å². The lowest BCUT2D eigenvalue weighted by Crippen LogP contribution is -2.61. The van der Waals surface area contributed by atoms with E-state index in [-0.39, 0.29) is 37.4 Å². The highest BCUT2D eigenvalue weighted by Gasteiger charge is 2.67. The van der Waals surface area contributed by atoms with Crippen LogP contribution in [0.4, 0.5) is 18.0 Å².